The van der Waals surface area contributed by atoms with Gasteiger partial charge in [0.25, 0.3) is 0 Å². The van der Waals surface area contributed by atoms with Crippen LogP contribution >= 0.6 is 0 Å². The molecule has 10 heteroatoms. The van der Waals surface area contributed by atoms with Gasteiger partial charge in [0.15, 0.2) is 11.6 Å². The molecule has 9 nitrogen and oxygen atoms in total. The molecule has 2 aliphatic rings. The maximum Gasteiger partial charge on any atom is 0.246 e. The van der Waals surface area contributed by atoms with Gasteiger partial charge in [0, 0.05) is 39.3 Å². The monoisotopic (exact) mass is 419 g/mol. The van der Waals surface area contributed by atoms with Crippen LogP contribution in [-0.4, -0.2) is 72.4 Å². The van der Waals surface area contributed by atoms with E-state index in [1.54, 1.807) is 13.8 Å². The van der Waals surface area contributed by atoms with Crippen LogP contribution in [0.3, 0.4) is 0 Å². The lowest BCUT2D eigenvalue weighted by molar-refractivity contribution is 0.383. The van der Waals surface area contributed by atoms with E-state index in [1.807, 2.05) is 12.1 Å². The maximum atomic E-state index is 13.0. The number of nitrogens with one attached hydrogen (secondary N) is 1. The van der Waals surface area contributed by atoms with Crippen molar-refractivity contribution < 1.29 is 8.42 Å². The number of piperazine rings is 1. The number of H-pyrrole nitrogens is 1. The standard InChI is InChI=1S/C19H29N7O2S/c1-14-6-8-24(9-7-14)17-4-5-18(23-22-17)25-10-12-26(13-11-25)29(27,28)19-15(2)20-21-16(19)3/h4-5,14H,6-13H2,1-3H3,(H,20,21). The van der Waals surface area contributed by atoms with Gasteiger partial charge in [-0.15, -0.1) is 10.2 Å². The van der Waals surface area contributed by atoms with E-state index < -0.39 is 10.0 Å². The van der Waals surface area contributed by atoms with Crippen LogP contribution in [0.4, 0.5) is 11.6 Å². The van der Waals surface area contributed by atoms with E-state index in [1.165, 1.54) is 17.1 Å². The van der Waals surface area contributed by atoms with Crippen molar-refractivity contribution in [1.82, 2.24) is 24.7 Å². The molecule has 0 unspecified atom stereocenters. The fraction of sp³-hybridized carbons (Fsp3) is 0.632. The van der Waals surface area contributed by atoms with Gasteiger partial charge in [0.05, 0.1) is 11.4 Å². The molecule has 0 atom stereocenters. The van der Waals surface area contributed by atoms with Crippen LogP contribution in [0.15, 0.2) is 17.0 Å². The zero-order valence-electron chi connectivity index (χ0n) is 17.3. The third-order valence-corrected chi connectivity index (χ3v) is 8.13. The second-order valence-corrected chi connectivity index (χ2v) is 9.95. The lowest BCUT2D eigenvalue weighted by atomic mass is 9.99. The Morgan fingerprint density at radius 3 is 1.97 bits per heavy atom. The van der Waals surface area contributed by atoms with Crippen molar-refractivity contribution in [3.05, 3.63) is 23.5 Å². The molecule has 2 aromatic rings. The fourth-order valence-corrected chi connectivity index (χ4v) is 5.85. The largest absolute Gasteiger partial charge is 0.355 e. The molecule has 4 rings (SSSR count). The molecule has 0 aromatic carbocycles. The van der Waals surface area contributed by atoms with Crippen molar-refractivity contribution in [1.29, 1.82) is 0 Å². The Morgan fingerprint density at radius 2 is 1.48 bits per heavy atom. The van der Waals surface area contributed by atoms with E-state index in [2.05, 4.69) is 37.1 Å². The first kappa shape index (κ1) is 20.1. The predicted molar refractivity (Wildman–Crippen MR) is 112 cm³/mol. The van der Waals surface area contributed by atoms with Crippen molar-refractivity contribution in [2.45, 2.75) is 38.5 Å². The Hall–Kier alpha value is -2.20. The number of anilines is 2. The normalized spacial score (nSPS) is 19.7. The zero-order chi connectivity index (χ0) is 20.6. The van der Waals surface area contributed by atoms with Crippen LogP contribution in [0.2, 0.25) is 0 Å². The molecule has 0 radical (unpaired) electrons. The van der Waals surface area contributed by atoms with E-state index in [4.69, 9.17) is 0 Å². The number of rotatable bonds is 4. The summed E-state index contributed by atoms with van der Waals surface area (Å²) in [4.78, 5) is 4.68. The number of nitrogens with zero attached hydrogens (tertiary/aromatic N) is 6. The second kappa shape index (κ2) is 7.91. The van der Waals surface area contributed by atoms with Crippen LogP contribution in [0, 0.1) is 19.8 Å². The minimum absolute atomic E-state index is 0.297. The number of piperidine rings is 1. The molecule has 0 saturated carbocycles. The van der Waals surface area contributed by atoms with Crippen LogP contribution in [0.25, 0.3) is 0 Å². The average Bonchev–Trinajstić information content (AvgIpc) is 3.08. The minimum Gasteiger partial charge on any atom is -0.355 e. The van der Waals surface area contributed by atoms with Crippen molar-refractivity contribution >= 4 is 21.7 Å². The summed E-state index contributed by atoms with van der Waals surface area (Å²) in [5.41, 5.74) is 1.09. The van der Waals surface area contributed by atoms with Gasteiger partial charge >= 0.3 is 0 Å². The zero-order valence-corrected chi connectivity index (χ0v) is 18.1. The molecule has 2 aromatic heterocycles. The molecule has 0 spiro atoms. The highest BCUT2D eigenvalue weighted by molar-refractivity contribution is 7.89. The van der Waals surface area contributed by atoms with Gasteiger partial charge in [-0.3, -0.25) is 5.10 Å². The molecule has 4 heterocycles. The lowest BCUT2D eigenvalue weighted by Crippen LogP contribution is -2.49. The van der Waals surface area contributed by atoms with Gasteiger partial charge in [0.1, 0.15) is 4.90 Å². The Labute approximate surface area is 172 Å². The minimum atomic E-state index is -3.54. The first-order valence-corrected chi connectivity index (χ1v) is 11.7. The van der Waals surface area contributed by atoms with Gasteiger partial charge in [-0.25, -0.2) is 8.42 Å². The fourth-order valence-electron chi connectivity index (χ4n) is 4.10. The lowest BCUT2D eigenvalue weighted by Gasteiger charge is -2.35. The van der Waals surface area contributed by atoms with Crippen LogP contribution in [0.1, 0.15) is 31.2 Å². The van der Waals surface area contributed by atoms with Gasteiger partial charge in [-0.05, 0) is 44.7 Å². The number of hydrogen-bond donors (Lipinski definition) is 1. The quantitative estimate of drug-likeness (QED) is 0.803. The molecule has 0 bridgehead atoms. The predicted octanol–water partition coefficient (Wildman–Crippen LogP) is 1.56. The number of sulfonamides is 1. The molecule has 0 aliphatic carbocycles. The van der Waals surface area contributed by atoms with E-state index in [-0.39, 0.29) is 0 Å². The maximum absolute atomic E-state index is 13.0. The molecule has 2 fully saturated rings. The summed E-state index contributed by atoms with van der Waals surface area (Å²) in [5.74, 6) is 2.50. The highest BCUT2D eigenvalue weighted by Gasteiger charge is 2.32. The molecule has 2 aliphatic heterocycles. The molecule has 2 saturated heterocycles. The summed E-state index contributed by atoms with van der Waals surface area (Å²) in [6.07, 6.45) is 2.38. The van der Waals surface area contributed by atoms with E-state index >= 15 is 0 Å². The molecule has 29 heavy (non-hydrogen) atoms. The summed E-state index contributed by atoms with van der Waals surface area (Å²) in [6.45, 7) is 9.81. The van der Waals surface area contributed by atoms with E-state index in [9.17, 15) is 8.42 Å². The molecular formula is C19H29N7O2S. The van der Waals surface area contributed by atoms with E-state index in [0.29, 0.717) is 42.5 Å². The molecule has 1 N–H and O–H groups in total. The van der Waals surface area contributed by atoms with Crippen LogP contribution in [0.5, 0.6) is 0 Å². The number of aromatic amines is 1. The Kier molecular flexibility index (Phi) is 5.48. The molecule has 0 amide bonds. The van der Waals surface area contributed by atoms with Gasteiger partial charge in [0.2, 0.25) is 10.0 Å². The Balaban J connectivity index is 1.40. The smallest absolute Gasteiger partial charge is 0.246 e. The first-order valence-electron chi connectivity index (χ1n) is 10.2. The second-order valence-electron chi connectivity index (χ2n) is 8.07. The summed E-state index contributed by atoms with van der Waals surface area (Å²) in [7, 11) is -3.54. The highest BCUT2D eigenvalue weighted by atomic mass is 32.2. The highest BCUT2D eigenvalue weighted by Crippen LogP contribution is 2.25. The van der Waals surface area contributed by atoms with Crippen molar-refractivity contribution in [2.75, 3.05) is 49.1 Å². The first-order chi connectivity index (χ1) is 13.9. The summed E-state index contributed by atoms with van der Waals surface area (Å²) in [6, 6.07) is 4.02. The van der Waals surface area contributed by atoms with Crippen LogP contribution in [-0.2, 0) is 10.0 Å². The number of aromatic nitrogens is 4. The average molecular weight is 420 g/mol. The van der Waals surface area contributed by atoms with Gasteiger partial charge < -0.3 is 9.80 Å². The van der Waals surface area contributed by atoms with Crippen molar-refractivity contribution in [3.63, 3.8) is 0 Å². The molecule has 158 valence electrons. The SMILES string of the molecule is Cc1n[nH]c(C)c1S(=O)(=O)N1CCN(c2ccc(N3CCC(C)CC3)nn2)CC1. The summed E-state index contributed by atoms with van der Waals surface area (Å²) >= 11 is 0. The summed E-state index contributed by atoms with van der Waals surface area (Å²) in [5, 5.41) is 15.6. The van der Waals surface area contributed by atoms with E-state index in [0.717, 1.165) is 30.6 Å². The number of hydrogen-bond acceptors (Lipinski definition) is 7. The van der Waals surface area contributed by atoms with Crippen LogP contribution < -0.4 is 9.80 Å². The Morgan fingerprint density at radius 1 is 0.931 bits per heavy atom. The summed E-state index contributed by atoms with van der Waals surface area (Å²) < 4.78 is 27.5. The topological polar surface area (TPSA) is 98.3 Å². The third kappa shape index (κ3) is 3.95. The van der Waals surface area contributed by atoms with Crippen molar-refractivity contribution in [3.8, 4) is 0 Å². The Bertz CT molecular complexity index is 922. The van der Waals surface area contributed by atoms with Gasteiger partial charge in [-0.2, -0.15) is 9.40 Å². The third-order valence-electron chi connectivity index (χ3n) is 5.97. The van der Waals surface area contributed by atoms with Gasteiger partial charge in [-0.1, -0.05) is 6.92 Å². The number of aryl methyl sites for hydroxylation is 2. The van der Waals surface area contributed by atoms with Crippen molar-refractivity contribution in [2.24, 2.45) is 5.92 Å². The molecular weight excluding hydrogens is 390 g/mol.